The lowest BCUT2D eigenvalue weighted by Crippen LogP contribution is -2.67. The molecule has 0 aliphatic carbocycles. The van der Waals surface area contributed by atoms with Crippen molar-refractivity contribution in [3.8, 4) is 0 Å². The van der Waals surface area contributed by atoms with E-state index in [1.165, 1.54) is 7.11 Å². The van der Waals surface area contributed by atoms with Crippen LogP contribution in [-0.4, -0.2) is 51.8 Å². The van der Waals surface area contributed by atoms with E-state index in [1.54, 1.807) is 0 Å². The van der Waals surface area contributed by atoms with Gasteiger partial charge in [-0.25, -0.2) is 0 Å². The van der Waals surface area contributed by atoms with Gasteiger partial charge in [-0.2, -0.15) is 0 Å². The van der Waals surface area contributed by atoms with Crippen molar-refractivity contribution in [1.82, 2.24) is 5.32 Å². The number of esters is 1. The van der Waals surface area contributed by atoms with Gasteiger partial charge in [0.15, 0.2) is 5.78 Å². The zero-order valence-corrected chi connectivity index (χ0v) is 28.6. The molecule has 45 heavy (non-hydrogen) atoms. The number of carbonyl (C=O) groups is 3. The minimum absolute atomic E-state index is 0.00459. The molecule has 0 aliphatic rings. The summed E-state index contributed by atoms with van der Waals surface area (Å²) in [4.78, 5) is 40.1. The molecule has 0 aromatic heterocycles. The van der Waals surface area contributed by atoms with Crippen LogP contribution >= 0.6 is 0 Å². The lowest BCUT2D eigenvalue weighted by atomic mass is 9.93. The predicted octanol–water partition coefficient (Wildman–Crippen LogP) is 4.80. The summed E-state index contributed by atoms with van der Waals surface area (Å²) < 4.78 is 12.2. The summed E-state index contributed by atoms with van der Waals surface area (Å²) in [6.45, 7) is 10.5. The van der Waals surface area contributed by atoms with Gasteiger partial charge in [-0.15, -0.1) is 0 Å². The standard InChI is InChI=1S/C37H50N2O5Si/c1-27(2)24-33(39-35(41)32(38)23-22-28-16-10-7-11-17-28)34(40)25-29(36(42)43-6)26-44-45(37(3,4)5,30-18-12-8-13-19-30)31-20-14-9-15-21-31/h7-21,27,29,32-33H,22-26,38H2,1-6H3,(H,39,41)/t29-,32-,33-/m0/s1. The molecule has 0 aliphatic heterocycles. The van der Waals surface area contributed by atoms with Crippen LogP contribution in [0.4, 0.5) is 0 Å². The Hall–Kier alpha value is -3.59. The first-order valence-electron chi connectivity index (χ1n) is 15.8. The molecule has 8 heteroatoms. The average Bonchev–Trinajstić information content (AvgIpc) is 3.03. The first kappa shape index (κ1) is 35.9. The number of hydrogen-bond acceptors (Lipinski definition) is 6. The van der Waals surface area contributed by atoms with Crippen LogP contribution in [-0.2, 0) is 30.0 Å². The Labute approximate surface area is 270 Å². The van der Waals surface area contributed by atoms with Crippen LogP contribution in [0.1, 0.15) is 59.4 Å². The second-order valence-corrected chi connectivity index (χ2v) is 17.5. The predicted molar refractivity (Wildman–Crippen MR) is 183 cm³/mol. The normalized spacial score (nSPS) is 14.0. The number of hydrogen-bond donors (Lipinski definition) is 2. The van der Waals surface area contributed by atoms with Crippen LogP contribution in [0.2, 0.25) is 5.04 Å². The van der Waals surface area contributed by atoms with Gasteiger partial charge in [0.05, 0.1) is 25.1 Å². The van der Waals surface area contributed by atoms with E-state index in [4.69, 9.17) is 14.9 Å². The quantitative estimate of drug-likeness (QED) is 0.174. The molecule has 3 atom stereocenters. The number of ketones is 1. The second kappa shape index (κ2) is 16.6. The molecule has 0 fully saturated rings. The molecule has 3 N–H and O–H groups in total. The summed E-state index contributed by atoms with van der Waals surface area (Å²) in [6.07, 6.45) is 1.42. The molecule has 1 amide bonds. The van der Waals surface area contributed by atoms with Crippen LogP contribution in [0.15, 0.2) is 91.0 Å². The number of benzene rings is 3. The molecule has 0 spiro atoms. The molecule has 3 aromatic rings. The number of ether oxygens (including phenoxy) is 1. The zero-order chi connectivity index (χ0) is 33.0. The van der Waals surface area contributed by atoms with Crippen molar-refractivity contribution < 1.29 is 23.5 Å². The fourth-order valence-electron chi connectivity index (χ4n) is 5.87. The van der Waals surface area contributed by atoms with Crippen molar-refractivity contribution in [2.24, 2.45) is 17.6 Å². The van der Waals surface area contributed by atoms with Gasteiger partial charge in [-0.05, 0) is 46.2 Å². The van der Waals surface area contributed by atoms with Gasteiger partial charge >= 0.3 is 5.97 Å². The molecule has 0 saturated carbocycles. The Morgan fingerprint density at radius 2 is 1.36 bits per heavy atom. The third-order valence-electron chi connectivity index (χ3n) is 8.24. The molecular formula is C37H50N2O5Si. The largest absolute Gasteiger partial charge is 0.469 e. The molecule has 0 heterocycles. The first-order chi connectivity index (χ1) is 21.4. The average molecular weight is 631 g/mol. The molecule has 0 saturated heterocycles. The van der Waals surface area contributed by atoms with Crippen LogP contribution in [0, 0.1) is 11.8 Å². The number of carbonyl (C=O) groups excluding carboxylic acids is 3. The Morgan fingerprint density at radius 1 is 0.844 bits per heavy atom. The van der Waals surface area contributed by atoms with E-state index in [2.05, 4.69) is 50.4 Å². The highest BCUT2D eigenvalue weighted by atomic mass is 28.4. The molecule has 3 rings (SSSR count). The number of aryl methyl sites for hydroxylation is 1. The summed E-state index contributed by atoms with van der Waals surface area (Å²) in [7, 11) is -1.64. The maximum Gasteiger partial charge on any atom is 0.311 e. The van der Waals surface area contributed by atoms with Crippen molar-refractivity contribution in [3.05, 3.63) is 96.6 Å². The van der Waals surface area contributed by atoms with E-state index in [1.807, 2.05) is 80.6 Å². The van der Waals surface area contributed by atoms with Crippen molar-refractivity contribution in [2.45, 2.75) is 77.4 Å². The Morgan fingerprint density at radius 3 is 1.82 bits per heavy atom. The molecular weight excluding hydrogens is 581 g/mol. The highest BCUT2D eigenvalue weighted by molar-refractivity contribution is 6.99. The summed E-state index contributed by atoms with van der Waals surface area (Å²) in [5.74, 6) is -1.85. The van der Waals surface area contributed by atoms with Gasteiger partial charge in [0.1, 0.15) is 0 Å². The third-order valence-corrected chi connectivity index (χ3v) is 13.2. The van der Waals surface area contributed by atoms with E-state index < -0.39 is 32.3 Å². The minimum atomic E-state index is -2.96. The second-order valence-electron chi connectivity index (χ2n) is 13.2. The third kappa shape index (κ3) is 9.70. The first-order valence-corrected chi connectivity index (χ1v) is 17.7. The van der Waals surface area contributed by atoms with E-state index in [9.17, 15) is 14.4 Å². The molecule has 0 unspecified atom stereocenters. The zero-order valence-electron chi connectivity index (χ0n) is 27.6. The van der Waals surface area contributed by atoms with E-state index in [-0.39, 0.29) is 35.7 Å². The number of amides is 1. The fraction of sp³-hybridized carbons (Fsp3) is 0.432. The van der Waals surface area contributed by atoms with Crippen LogP contribution in [0.5, 0.6) is 0 Å². The number of methoxy groups -OCH3 is 1. The van der Waals surface area contributed by atoms with Gasteiger partial charge in [0.2, 0.25) is 5.91 Å². The van der Waals surface area contributed by atoms with Gasteiger partial charge in [-0.1, -0.05) is 126 Å². The lowest BCUT2D eigenvalue weighted by molar-refractivity contribution is -0.148. The summed E-state index contributed by atoms with van der Waals surface area (Å²) in [5.41, 5.74) is 7.34. The maximum atomic E-state index is 13.8. The van der Waals surface area contributed by atoms with E-state index in [0.717, 1.165) is 15.9 Å². The van der Waals surface area contributed by atoms with Gasteiger partial charge < -0.3 is 20.2 Å². The number of nitrogens with two attached hydrogens (primary N) is 1. The summed E-state index contributed by atoms with van der Waals surface area (Å²) in [5, 5.41) is 4.75. The minimum Gasteiger partial charge on any atom is -0.469 e. The molecule has 7 nitrogen and oxygen atoms in total. The number of nitrogens with one attached hydrogen (secondary N) is 1. The number of rotatable bonds is 16. The Balaban J connectivity index is 1.83. The van der Waals surface area contributed by atoms with Crippen molar-refractivity contribution in [3.63, 3.8) is 0 Å². The highest BCUT2D eigenvalue weighted by Gasteiger charge is 2.50. The van der Waals surface area contributed by atoms with E-state index in [0.29, 0.717) is 19.3 Å². The van der Waals surface area contributed by atoms with E-state index >= 15 is 0 Å². The molecule has 0 radical (unpaired) electrons. The lowest BCUT2D eigenvalue weighted by Gasteiger charge is -2.43. The van der Waals surface area contributed by atoms with Gasteiger partial charge in [0.25, 0.3) is 8.32 Å². The van der Waals surface area contributed by atoms with Crippen molar-refractivity contribution in [2.75, 3.05) is 13.7 Å². The van der Waals surface area contributed by atoms with Gasteiger partial charge in [-0.3, -0.25) is 14.4 Å². The smallest absolute Gasteiger partial charge is 0.311 e. The molecule has 242 valence electrons. The van der Waals surface area contributed by atoms with Crippen LogP contribution < -0.4 is 21.4 Å². The maximum absolute atomic E-state index is 13.8. The summed E-state index contributed by atoms with van der Waals surface area (Å²) >= 11 is 0. The van der Waals surface area contributed by atoms with Gasteiger partial charge in [0, 0.05) is 13.0 Å². The van der Waals surface area contributed by atoms with Crippen LogP contribution in [0.3, 0.4) is 0 Å². The monoisotopic (exact) mass is 630 g/mol. The molecule has 0 bridgehead atoms. The topological polar surface area (TPSA) is 108 Å². The van der Waals surface area contributed by atoms with Crippen LogP contribution in [0.25, 0.3) is 0 Å². The number of Topliss-reactive ketones (excluding diaryl/α,β-unsaturated/α-hetero) is 1. The Bertz CT molecular complexity index is 1320. The van der Waals surface area contributed by atoms with Crippen molar-refractivity contribution in [1.29, 1.82) is 0 Å². The fourth-order valence-corrected chi connectivity index (χ4v) is 10.5. The van der Waals surface area contributed by atoms with Crippen molar-refractivity contribution >= 4 is 36.4 Å². The Kier molecular flexibility index (Phi) is 13.3. The highest BCUT2D eigenvalue weighted by Crippen LogP contribution is 2.37. The molecule has 3 aromatic carbocycles. The SMILES string of the molecule is COC(=O)[C@H](CO[Si](c1ccccc1)(c1ccccc1)C(C)(C)C)CC(=O)[C@H](CC(C)C)NC(=O)[C@@H](N)CCc1ccccc1. The summed E-state index contributed by atoms with van der Waals surface area (Å²) in [6, 6.07) is 28.6.